The molecule has 0 bridgehead atoms. The summed E-state index contributed by atoms with van der Waals surface area (Å²) in [7, 11) is 5.43. The van der Waals surface area contributed by atoms with E-state index in [-0.39, 0.29) is 11.9 Å². The second kappa shape index (κ2) is 8.79. The summed E-state index contributed by atoms with van der Waals surface area (Å²) in [5.74, 6) is 1.50. The van der Waals surface area contributed by atoms with E-state index in [4.69, 9.17) is 9.72 Å². The van der Waals surface area contributed by atoms with Crippen molar-refractivity contribution in [3.63, 3.8) is 0 Å². The van der Waals surface area contributed by atoms with Gasteiger partial charge in [-0.1, -0.05) is 13.0 Å². The van der Waals surface area contributed by atoms with Gasteiger partial charge in [-0.3, -0.25) is 9.89 Å². The van der Waals surface area contributed by atoms with Crippen molar-refractivity contribution in [1.29, 1.82) is 0 Å². The summed E-state index contributed by atoms with van der Waals surface area (Å²) in [5.41, 5.74) is 4.38. The molecule has 1 aliphatic heterocycles. The molecule has 10 heteroatoms. The van der Waals surface area contributed by atoms with Gasteiger partial charge in [-0.15, -0.1) is 5.10 Å². The van der Waals surface area contributed by atoms with Crippen LogP contribution in [0.3, 0.4) is 0 Å². The molecule has 1 fully saturated rings. The van der Waals surface area contributed by atoms with E-state index in [0.717, 1.165) is 47.2 Å². The van der Waals surface area contributed by atoms with E-state index in [2.05, 4.69) is 37.8 Å². The molecule has 0 radical (unpaired) electrons. The maximum atomic E-state index is 12.7. The number of anilines is 2. The van der Waals surface area contributed by atoms with Gasteiger partial charge in [0.1, 0.15) is 5.75 Å². The van der Waals surface area contributed by atoms with Gasteiger partial charge in [0.25, 0.3) is 5.91 Å². The number of nitrogens with one attached hydrogen (secondary N) is 3. The van der Waals surface area contributed by atoms with E-state index in [1.54, 1.807) is 23.9 Å². The van der Waals surface area contributed by atoms with Gasteiger partial charge >= 0.3 is 0 Å². The Morgan fingerprint density at radius 3 is 2.79 bits per heavy atom. The number of aromatic nitrogens is 5. The quantitative estimate of drug-likeness (QED) is 0.389. The SMILES string of the molecule is CCc1c(Nc2nc(-c3ccc(C(=O)NC4CN(C)C4)c(OC)c3)nn2C)ccc2[nH]ncc12. The minimum atomic E-state index is -0.139. The fraction of sp³-hybridized carbons (Fsp3) is 0.333. The highest BCUT2D eigenvalue weighted by molar-refractivity contribution is 5.97. The number of nitrogens with zero attached hydrogens (tertiary/aromatic N) is 5. The van der Waals surface area contributed by atoms with Gasteiger partial charge in [0.2, 0.25) is 5.95 Å². The van der Waals surface area contributed by atoms with Crippen molar-refractivity contribution in [2.45, 2.75) is 19.4 Å². The predicted molar refractivity (Wildman–Crippen MR) is 130 cm³/mol. The van der Waals surface area contributed by atoms with Gasteiger partial charge in [-0.25, -0.2) is 4.68 Å². The minimum Gasteiger partial charge on any atom is -0.496 e. The lowest BCUT2D eigenvalue weighted by atomic mass is 10.1. The molecule has 0 spiro atoms. The molecule has 10 nitrogen and oxygen atoms in total. The Labute approximate surface area is 197 Å². The average Bonchev–Trinajstić information content (AvgIpc) is 3.44. The molecule has 0 saturated carbocycles. The van der Waals surface area contributed by atoms with E-state index in [1.807, 2.05) is 38.5 Å². The van der Waals surface area contributed by atoms with E-state index in [9.17, 15) is 4.79 Å². The van der Waals surface area contributed by atoms with Crippen LogP contribution in [0.1, 0.15) is 22.8 Å². The molecule has 1 aliphatic rings. The fourth-order valence-corrected chi connectivity index (χ4v) is 4.38. The van der Waals surface area contributed by atoms with Gasteiger partial charge in [-0.05, 0) is 43.3 Å². The lowest BCUT2D eigenvalue weighted by Gasteiger charge is -2.36. The zero-order chi connectivity index (χ0) is 23.8. The van der Waals surface area contributed by atoms with Crippen LogP contribution in [-0.4, -0.2) is 69.1 Å². The molecular weight excluding hydrogens is 432 g/mol. The highest BCUT2D eigenvalue weighted by atomic mass is 16.5. The van der Waals surface area contributed by atoms with Gasteiger partial charge in [-0.2, -0.15) is 10.1 Å². The number of methoxy groups -OCH3 is 1. The zero-order valence-electron chi connectivity index (χ0n) is 19.7. The number of rotatable bonds is 7. The number of carbonyl (C=O) groups is 1. The second-order valence-electron chi connectivity index (χ2n) is 8.59. The first-order chi connectivity index (χ1) is 16.5. The molecule has 0 atom stereocenters. The Bertz CT molecular complexity index is 1350. The molecule has 0 aliphatic carbocycles. The summed E-state index contributed by atoms with van der Waals surface area (Å²) in [5, 5.41) is 19.3. The summed E-state index contributed by atoms with van der Waals surface area (Å²) >= 11 is 0. The molecule has 2 aromatic carbocycles. The van der Waals surface area contributed by atoms with Crippen LogP contribution in [0, 0.1) is 0 Å². The van der Waals surface area contributed by atoms with Gasteiger partial charge in [0.05, 0.1) is 30.4 Å². The van der Waals surface area contributed by atoms with Crippen molar-refractivity contribution >= 4 is 28.4 Å². The number of aryl methyl sites for hydroxylation is 2. The van der Waals surface area contributed by atoms with Crippen LogP contribution < -0.4 is 15.4 Å². The summed E-state index contributed by atoms with van der Waals surface area (Å²) in [6.07, 6.45) is 2.69. The predicted octanol–water partition coefficient (Wildman–Crippen LogP) is 2.72. The van der Waals surface area contributed by atoms with Gasteiger partial charge < -0.3 is 20.3 Å². The molecule has 0 unspecified atom stereocenters. The first-order valence-corrected chi connectivity index (χ1v) is 11.3. The molecule has 1 amide bonds. The minimum absolute atomic E-state index is 0.139. The van der Waals surface area contributed by atoms with Crippen LogP contribution in [0.25, 0.3) is 22.3 Å². The van der Waals surface area contributed by atoms with Crippen LogP contribution in [0.15, 0.2) is 36.5 Å². The van der Waals surface area contributed by atoms with Crippen molar-refractivity contribution in [2.24, 2.45) is 7.05 Å². The van der Waals surface area contributed by atoms with Gasteiger partial charge in [0.15, 0.2) is 5.82 Å². The summed E-state index contributed by atoms with van der Waals surface area (Å²) in [6, 6.07) is 9.59. The number of carbonyl (C=O) groups excluding carboxylic acids is 1. The zero-order valence-corrected chi connectivity index (χ0v) is 19.7. The van der Waals surface area contributed by atoms with Crippen LogP contribution in [-0.2, 0) is 13.5 Å². The van der Waals surface area contributed by atoms with Crippen LogP contribution >= 0.6 is 0 Å². The molecule has 176 valence electrons. The third kappa shape index (κ3) is 3.96. The van der Waals surface area contributed by atoms with E-state index >= 15 is 0 Å². The number of aromatic amines is 1. The molecule has 4 aromatic rings. The maximum absolute atomic E-state index is 12.7. The van der Waals surface area contributed by atoms with Crippen molar-refractivity contribution < 1.29 is 9.53 Å². The molecule has 1 saturated heterocycles. The van der Waals surface area contributed by atoms with Crippen molar-refractivity contribution in [3.05, 3.63) is 47.7 Å². The number of benzene rings is 2. The molecule has 5 rings (SSSR count). The highest BCUT2D eigenvalue weighted by Crippen LogP contribution is 2.30. The molecule has 3 heterocycles. The first kappa shape index (κ1) is 21.9. The monoisotopic (exact) mass is 460 g/mol. The van der Waals surface area contributed by atoms with Crippen molar-refractivity contribution in [2.75, 3.05) is 32.6 Å². The normalized spacial score (nSPS) is 14.2. The Morgan fingerprint density at radius 2 is 2.06 bits per heavy atom. The van der Waals surface area contributed by atoms with E-state index in [1.165, 1.54) is 0 Å². The number of H-pyrrole nitrogens is 1. The summed E-state index contributed by atoms with van der Waals surface area (Å²) in [4.78, 5) is 19.6. The second-order valence-corrected chi connectivity index (χ2v) is 8.59. The lowest BCUT2D eigenvalue weighted by Crippen LogP contribution is -2.57. The number of hydrogen-bond acceptors (Lipinski definition) is 7. The third-order valence-corrected chi connectivity index (χ3v) is 6.20. The number of hydrogen-bond donors (Lipinski definition) is 3. The topological polar surface area (TPSA) is 113 Å². The standard InChI is InChI=1S/C24H28N8O2/c1-5-16-18-11-25-29-20(18)9-8-19(16)27-24-28-22(30-32(24)3)14-6-7-17(21(10-14)34-4)23(33)26-15-12-31(2)13-15/h6-11,15H,5,12-13H2,1-4H3,(H,25,29)(H,26,33)(H,27,28,30). The number of fused-ring (bicyclic) bond motifs is 1. The summed E-state index contributed by atoms with van der Waals surface area (Å²) < 4.78 is 7.22. The van der Waals surface area contributed by atoms with Crippen molar-refractivity contribution in [1.82, 2.24) is 35.2 Å². The first-order valence-electron chi connectivity index (χ1n) is 11.3. The van der Waals surface area contributed by atoms with E-state index in [0.29, 0.717) is 23.1 Å². The van der Waals surface area contributed by atoms with Crippen LogP contribution in [0.5, 0.6) is 5.75 Å². The highest BCUT2D eigenvalue weighted by Gasteiger charge is 2.26. The number of amides is 1. The summed E-state index contributed by atoms with van der Waals surface area (Å²) in [6.45, 7) is 3.82. The van der Waals surface area contributed by atoms with E-state index < -0.39 is 0 Å². The average molecular weight is 461 g/mol. The molecular formula is C24H28N8O2. The Kier molecular flexibility index (Phi) is 5.66. The Morgan fingerprint density at radius 1 is 1.24 bits per heavy atom. The molecule has 3 N–H and O–H groups in total. The maximum Gasteiger partial charge on any atom is 0.255 e. The fourth-order valence-electron chi connectivity index (χ4n) is 4.38. The van der Waals surface area contributed by atoms with Gasteiger partial charge in [0, 0.05) is 36.8 Å². The lowest BCUT2D eigenvalue weighted by molar-refractivity contribution is 0.0855. The molecule has 2 aromatic heterocycles. The Hall–Kier alpha value is -3.92. The number of ether oxygens (including phenoxy) is 1. The number of likely N-dealkylation sites (tertiary alicyclic amines) is 1. The van der Waals surface area contributed by atoms with Crippen LogP contribution in [0.4, 0.5) is 11.6 Å². The van der Waals surface area contributed by atoms with Crippen LogP contribution in [0.2, 0.25) is 0 Å². The molecule has 34 heavy (non-hydrogen) atoms. The number of likely N-dealkylation sites (N-methyl/N-ethyl adjacent to an activating group) is 1. The smallest absolute Gasteiger partial charge is 0.255 e. The largest absolute Gasteiger partial charge is 0.496 e. The Balaban J connectivity index is 1.40. The van der Waals surface area contributed by atoms with Crippen molar-refractivity contribution in [3.8, 4) is 17.1 Å². The third-order valence-electron chi connectivity index (χ3n) is 6.20.